The van der Waals surface area contributed by atoms with Gasteiger partial charge in [0.25, 0.3) is 0 Å². The Bertz CT molecular complexity index is 575. The van der Waals surface area contributed by atoms with E-state index in [1.54, 1.807) is 12.1 Å². The van der Waals surface area contributed by atoms with E-state index in [0.717, 1.165) is 19.5 Å². The third-order valence-corrected chi connectivity index (χ3v) is 5.26. The van der Waals surface area contributed by atoms with E-state index in [2.05, 4.69) is 17.3 Å². The predicted molar refractivity (Wildman–Crippen MR) is 83.3 cm³/mol. The second-order valence-corrected chi connectivity index (χ2v) is 7.85. The molecule has 0 spiro atoms. The summed E-state index contributed by atoms with van der Waals surface area (Å²) in [4.78, 5) is 2.63. The van der Waals surface area contributed by atoms with Crippen LogP contribution in [0.1, 0.15) is 19.3 Å². The van der Waals surface area contributed by atoms with Gasteiger partial charge >= 0.3 is 0 Å². The molecular weight excluding hydrogens is 296 g/mol. The van der Waals surface area contributed by atoms with Crippen molar-refractivity contribution in [3.8, 4) is 0 Å². The number of likely N-dealkylation sites (N-methyl/N-ethyl adjacent to an activating group) is 1. The van der Waals surface area contributed by atoms with E-state index in [-0.39, 0.29) is 0 Å². The van der Waals surface area contributed by atoms with Gasteiger partial charge in [0.05, 0.1) is 15.6 Å². The van der Waals surface area contributed by atoms with Gasteiger partial charge in [-0.1, -0.05) is 18.0 Å². The first-order valence-electron chi connectivity index (χ1n) is 6.81. The van der Waals surface area contributed by atoms with Crippen LogP contribution in [-0.4, -0.2) is 45.8 Å². The van der Waals surface area contributed by atoms with Crippen LogP contribution in [0.2, 0.25) is 5.02 Å². The molecule has 0 saturated carbocycles. The Morgan fingerprint density at radius 1 is 1.40 bits per heavy atom. The lowest BCUT2D eigenvalue weighted by Gasteiger charge is -2.32. The molecule has 1 aliphatic heterocycles. The first-order valence-corrected chi connectivity index (χ1v) is 9.08. The van der Waals surface area contributed by atoms with Crippen molar-refractivity contribution in [2.75, 3.05) is 31.7 Å². The maximum Gasteiger partial charge on any atom is 0.175 e. The number of nitrogens with one attached hydrogen (secondary N) is 1. The Labute approximate surface area is 126 Å². The second kappa shape index (κ2) is 6.33. The lowest BCUT2D eigenvalue weighted by Crippen LogP contribution is -2.40. The Hall–Kier alpha value is -0.780. The van der Waals surface area contributed by atoms with Gasteiger partial charge in [-0.05, 0) is 44.6 Å². The van der Waals surface area contributed by atoms with Gasteiger partial charge in [-0.25, -0.2) is 8.42 Å². The lowest BCUT2D eigenvalue weighted by molar-refractivity contribution is 0.194. The van der Waals surface area contributed by atoms with Crippen LogP contribution < -0.4 is 5.32 Å². The number of sulfone groups is 1. The molecule has 1 aliphatic rings. The summed E-state index contributed by atoms with van der Waals surface area (Å²) < 4.78 is 23.2. The standard InChI is InChI=1S/C14H21ClN2O2S/c1-17-8-4-3-5-11(17)10-16-14-9-12(20(2,18)19)6-7-13(14)15/h6-7,9,11,16H,3-5,8,10H2,1-2H3. The highest BCUT2D eigenvalue weighted by molar-refractivity contribution is 7.90. The summed E-state index contributed by atoms with van der Waals surface area (Å²) in [5.41, 5.74) is 0.688. The molecule has 0 aromatic heterocycles. The molecule has 0 amide bonds. The van der Waals surface area contributed by atoms with Crippen molar-refractivity contribution in [1.29, 1.82) is 0 Å². The van der Waals surface area contributed by atoms with Gasteiger partial charge in [0.2, 0.25) is 0 Å². The maximum atomic E-state index is 11.6. The van der Waals surface area contributed by atoms with Crippen LogP contribution in [0.4, 0.5) is 5.69 Å². The van der Waals surface area contributed by atoms with Gasteiger partial charge < -0.3 is 10.2 Å². The summed E-state index contributed by atoms with van der Waals surface area (Å²) in [6.45, 7) is 1.90. The van der Waals surface area contributed by atoms with Crippen molar-refractivity contribution in [2.24, 2.45) is 0 Å². The number of anilines is 1. The highest BCUT2D eigenvalue weighted by Crippen LogP contribution is 2.26. The summed E-state index contributed by atoms with van der Waals surface area (Å²) in [7, 11) is -1.08. The molecule has 4 nitrogen and oxygen atoms in total. The number of nitrogens with zero attached hydrogens (tertiary/aromatic N) is 1. The van der Waals surface area contributed by atoms with E-state index in [1.807, 2.05) is 0 Å². The number of rotatable bonds is 4. The van der Waals surface area contributed by atoms with Crippen LogP contribution in [0.3, 0.4) is 0 Å². The Balaban J connectivity index is 2.09. The van der Waals surface area contributed by atoms with Gasteiger partial charge in [0, 0.05) is 18.8 Å². The van der Waals surface area contributed by atoms with E-state index in [9.17, 15) is 8.42 Å². The number of benzene rings is 1. The maximum absolute atomic E-state index is 11.6. The fourth-order valence-corrected chi connectivity index (χ4v) is 3.33. The molecule has 0 bridgehead atoms. The van der Waals surface area contributed by atoms with Crippen LogP contribution in [0.15, 0.2) is 23.1 Å². The monoisotopic (exact) mass is 316 g/mol. The highest BCUT2D eigenvalue weighted by atomic mass is 35.5. The fraction of sp³-hybridized carbons (Fsp3) is 0.571. The SMILES string of the molecule is CN1CCCCC1CNc1cc(S(C)(=O)=O)ccc1Cl. The molecule has 1 aromatic carbocycles. The fourth-order valence-electron chi connectivity index (χ4n) is 2.50. The Kier molecular flexibility index (Phi) is 4.94. The summed E-state index contributed by atoms with van der Waals surface area (Å²) in [5.74, 6) is 0. The molecule has 20 heavy (non-hydrogen) atoms. The summed E-state index contributed by atoms with van der Waals surface area (Å²) >= 11 is 6.13. The first-order chi connectivity index (χ1) is 9.38. The van der Waals surface area contributed by atoms with Crippen molar-refractivity contribution in [3.63, 3.8) is 0 Å². The zero-order chi connectivity index (χ0) is 14.8. The van der Waals surface area contributed by atoms with Gasteiger partial charge in [-0.3, -0.25) is 0 Å². The van der Waals surface area contributed by atoms with E-state index in [1.165, 1.54) is 25.2 Å². The summed E-state index contributed by atoms with van der Waals surface area (Å²) in [5, 5.41) is 3.84. The number of piperidine rings is 1. The minimum absolute atomic E-state index is 0.293. The summed E-state index contributed by atoms with van der Waals surface area (Å²) in [6, 6.07) is 5.25. The van der Waals surface area contributed by atoms with E-state index < -0.39 is 9.84 Å². The van der Waals surface area contributed by atoms with Gasteiger partial charge in [0.15, 0.2) is 9.84 Å². The highest BCUT2D eigenvalue weighted by Gasteiger charge is 2.19. The molecule has 0 aliphatic carbocycles. The molecule has 6 heteroatoms. The van der Waals surface area contributed by atoms with Crippen LogP contribution >= 0.6 is 11.6 Å². The zero-order valence-corrected chi connectivity index (χ0v) is 13.5. The third-order valence-electron chi connectivity index (χ3n) is 3.82. The molecule has 1 saturated heterocycles. The lowest BCUT2D eigenvalue weighted by atomic mass is 10.0. The quantitative estimate of drug-likeness (QED) is 0.927. The van der Waals surface area contributed by atoms with Crippen LogP contribution in [0.5, 0.6) is 0 Å². The average Bonchev–Trinajstić information content (AvgIpc) is 2.38. The number of halogens is 1. The third kappa shape index (κ3) is 3.87. The number of likely N-dealkylation sites (tertiary alicyclic amines) is 1. The van der Waals surface area contributed by atoms with E-state index in [4.69, 9.17) is 11.6 Å². The molecule has 1 heterocycles. The van der Waals surface area contributed by atoms with Crippen molar-refractivity contribution in [1.82, 2.24) is 4.90 Å². The normalized spacial score (nSPS) is 20.9. The van der Waals surface area contributed by atoms with Crippen molar-refractivity contribution in [2.45, 2.75) is 30.2 Å². The number of hydrogen-bond donors (Lipinski definition) is 1. The molecule has 1 atom stereocenters. The largest absolute Gasteiger partial charge is 0.382 e. The average molecular weight is 317 g/mol. The molecule has 1 N–H and O–H groups in total. The van der Waals surface area contributed by atoms with Crippen molar-refractivity contribution in [3.05, 3.63) is 23.2 Å². The van der Waals surface area contributed by atoms with Crippen LogP contribution in [0, 0.1) is 0 Å². The summed E-state index contributed by atoms with van der Waals surface area (Å²) in [6.07, 6.45) is 4.85. The Morgan fingerprint density at radius 2 is 2.15 bits per heavy atom. The van der Waals surface area contributed by atoms with E-state index in [0.29, 0.717) is 21.6 Å². The van der Waals surface area contributed by atoms with Gasteiger partial charge in [-0.2, -0.15) is 0 Å². The topological polar surface area (TPSA) is 49.4 Å². The minimum atomic E-state index is -3.21. The molecule has 1 unspecified atom stereocenters. The smallest absolute Gasteiger partial charge is 0.175 e. The van der Waals surface area contributed by atoms with Crippen LogP contribution in [0.25, 0.3) is 0 Å². The van der Waals surface area contributed by atoms with Crippen LogP contribution in [-0.2, 0) is 9.84 Å². The van der Waals surface area contributed by atoms with Gasteiger partial charge in [-0.15, -0.1) is 0 Å². The second-order valence-electron chi connectivity index (χ2n) is 5.42. The first kappa shape index (κ1) is 15.6. The Morgan fingerprint density at radius 3 is 2.80 bits per heavy atom. The zero-order valence-electron chi connectivity index (χ0n) is 11.9. The molecule has 2 rings (SSSR count). The van der Waals surface area contributed by atoms with Crippen molar-refractivity contribution >= 4 is 27.1 Å². The molecular formula is C14H21ClN2O2S. The minimum Gasteiger partial charge on any atom is -0.382 e. The van der Waals surface area contributed by atoms with Crippen molar-refractivity contribution < 1.29 is 8.42 Å². The molecule has 1 aromatic rings. The van der Waals surface area contributed by atoms with E-state index >= 15 is 0 Å². The predicted octanol–water partition coefficient (Wildman–Crippen LogP) is 2.64. The number of hydrogen-bond acceptors (Lipinski definition) is 4. The molecule has 112 valence electrons. The van der Waals surface area contributed by atoms with Gasteiger partial charge in [0.1, 0.15) is 0 Å². The molecule has 0 radical (unpaired) electrons. The molecule has 1 fully saturated rings.